The number of nitrogens with zero attached hydrogens (tertiary/aromatic N) is 1. The van der Waals surface area contributed by atoms with E-state index in [1.165, 1.54) is 13.3 Å². The van der Waals surface area contributed by atoms with Crippen molar-refractivity contribution in [3.63, 3.8) is 0 Å². The second-order valence-corrected chi connectivity index (χ2v) is 3.25. The van der Waals surface area contributed by atoms with Crippen LogP contribution in [0.3, 0.4) is 0 Å². The minimum absolute atomic E-state index is 0.176. The van der Waals surface area contributed by atoms with Gasteiger partial charge in [-0.05, 0) is 21.5 Å². The van der Waals surface area contributed by atoms with Gasteiger partial charge in [0.2, 0.25) is 0 Å². The summed E-state index contributed by atoms with van der Waals surface area (Å²) < 4.78 is 5.22. The van der Waals surface area contributed by atoms with Crippen LogP contribution in [0.15, 0.2) is 16.9 Å². The molecule has 0 amide bonds. The van der Waals surface area contributed by atoms with Gasteiger partial charge in [-0.15, -0.1) is 0 Å². The van der Waals surface area contributed by atoms with Crippen molar-refractivity contribution in [1.82, 2.24) is 4.98 Å². The van der Waals surface area contributed by atoms with Crippen LogP contribution in [0.2, 0.25) is 0 Å². The Bertz CT molecular complexity index is 328. The SMILES string of the molecule is COC(=O)Cc1cncc(N)c1Br. The van der Waals surface area contributed by atoms with Crippen molar-refractivity contribution in [2.45, 2.75) is 6.42 Å². The number of anilines is 1. The molecule has 1 aromatic heterocycles. The van der Waals surface area contributed by atoms with Crippen molar-refractivity contribution in [2.75, 3.05) is 12.8 Å². The molecule has 0 aliphatic heterocycles. The third-order valence-corrected chi connectivity index (χ3v) is 2.51. The minimum Gasteiger partial charge on any atom is -0.469 e. The average molecular weight is 245 g/mol. The molecule has 0 aromatic carbocycles. The van der Waals surface area contributed by atoms with Crippen LogP contribution in [0.5, 0.6) is 0 Å². The van der Waals surface area contributed by atoms with Crippen LogP contribution in [0.1, 0.15) is 5.56 Å². The van der Waals surface area contributed by atoms with E-state index in [4.69, 9.17) is 5.73 Å². The number of carbonyl (C=O) groups excluding carboxylic acids is 1. The fourth-order valence-electron chi connectivity index (χ4n) is 0.857. The highest BCUT2D eigenvalue weighted by Gasteiger charge is 2.08. The first-order valence-corrected chi connectivity index (χ1v) is 4.39. The summed E-state index contributed by atoms with van der Waals surface area (Å²) in [7, 11) is 1.34. The Hall–Kier alpha value is -1.10. The summed E-state index contributed by atoms with van der Waals surface area (Å²) in [5, 5.41) is 0. The molecule has 0 fully saturated rings. The van der Waals surface area contributed by atoms with E-state index in [-0.39, 0.29) is 12.4 Å². The van der Waals surface area contributed by atoms with Gasteiger partial charge in [0.05, 0.1) is 25.4 Å². The van der Waals surface area contributed by atoms with E-state index >= 15 is 0 Å². The molecule has 0 saturated carbocycles. The second kappa shape index (κ2) is 4.23. The Morgan fingerprint density at radius 3 is 3.00 bits per heavy atom. The Kier molecular flexibility index (Phi) is 3.25. The lowest BCUT2D eigenvalue weighted by atomic mass is 10.2. The number of halogens is 1. The van der Waals surface area contributed by atoms with Crippen LogP contribution in [0.4, 0.5) is 5.69 Å². The molecule has 0 saturated heterocycles. The van der Waals surface area contributed by atoms with Crippen LogP contribution < -0.4 is 5.73 Å². The van der Waals surface area contributed by atoms with Gasteiger partial charge in [0.1, 0.15) is 0 Å². The number of esters is 1. The molecule has 13 heavy (non-hydrogen) atoms. The van der Waals surface area contributed by atoms with Gasteiger partial charge >= 0.3 is 5.97 Å². The predicted octanol–water partition coefficient (Wildman–Crippen LogP) is 1.14. The second-order valence-electron chi connectivity index (χ2n) is 2.45. The first-order chi connectivity index (χ1) is 6.15. The zero-order valence-corrected chi connectivity index (χ0v) is 8.67. The van der Waals surface area contributed by atoms with Gasteiger partial charge in [-0.1, -0.05) is 0 Å². The van der Waals surface area contributed by atoms with E-state index in [2.05, 4.69) is 25.7 Å². The van der Waals surface area contributed by atoms with Gasteiger partial charge in [-0.2, -0.15) is 0 Å². The average Bonchev–Trinajstić information content (AvgIpc) is 2.13. The van der Waals surface area contributed by atoms with Gasteiger partial charge in [0.15, 0.2) is 0 Å². The van der Waals surface area contributed by atoms with Crippen molar-refractivity contribution in [3.8, 4) is 0 Å². The van der Waals surface area contributed by atoms with Crippen LogP contribution in [0.25, 0.3) is 0 Å². The number of aromatic nitrogens is 1. The summed E-state index contributed by atoms with van der Waals surface area (Å²) in [4.78, 5) is 14.8. The molecule has 5 heteroatoms. The van der Waals surface area contributed by atoms with Gasteiger partial charge < -0.3 is 10.5 Å². The lowest BCUT2D eigenvalue weighted by Gasteiger charge is -2.04. The Balaban J connectivity index is 2.89. The molecule has 0 radical (unpaired) electrons. The molecular formula is C8H9BrN2O2. The number of carbonyl (C=O) groups is 1. The van der Waals surface area contributed by atoms with E-state index in [0.29, 0.717) is 10.2 Å². The highest BCUT2D eigenvalue weighted by molar-refractivity contribution is 9.10. The third-order valence-electron chi connectivity index (χ3n) is 1.54. The molecule has 4 nitrogen and oxygen atoms in total. The first-order valence-electron chi connectivity index (χ1n) is 3.60. The molecule has 1 aromatic rings. The smallest absolute Gasteiger partial charge is 0.310 e. The summed E-state index contributed by atoms with van der Waals surface area (Å²) in [5.74, 6) is -0.312. The van der Waals surface area contributed by atoms with Gasteiger partial charge in [-0.25, -0.2) is 0 Å². The molecule has 0 bridgehead atoms. The summed E-state index contributed by atoms with van der Waals surface area (Å²) >= 11 is 3.27. The molecular weight excluding hydrogens is 236 g/mol. The van der Waals surface area contributed by atoms with Crippen molar-refractivity contribution >= 4 is 27.6 Å². The van der Waals surface area contributed by atoms with Crippen molar-refractivity contribution in [3.05, 3.63) is 22.4 Å². The molecule has 0 unspecified atom stereocenters. The quantitative estimate of drug-likeness (QED) is 0.793. The minimum atomic E-state index is -0.312. The maximum absolute atomic E-state index is 10.9. The zero-order valence-electron chi connectivity index (χ0n) is 7.08. The number of ether oxygens (including phenoxy) is 1. The zero-order chi connectivity index (χ0) is 9.84. The number of pyridine rings is 1. The third kappa shape index (κ3) is 2.42. The highest BCUT2D eigenvalue weighted by atomic mass is 79.9. The fraction of sp³-hybridized carbons (Fsp3) is 0.250. The lowest BCUT2D eigenvalue weighted by Crippen LogP contribution is -2.06. The lowest BCUT2D eigenvalue weighted by molar-refractivity contribution is -0.139. The topological polar surface area (TPSA) is 65.2 Å². The number of hydrogen-bond acceptors (Lipinski definition) is 4. The normalized spacial score (nSPS) is 9.69. The van der Waals surface area contributed by atoms with E-state index < -0.39 is 0 Å². The summed E-state index contributed by atoms with van der Waals surface area (Å²) in [5.41, 5.74) is 6.82. The Morgan fingerprint density at radius 1 is 1.69 bits per heavy atom. The van der Waals surface area contributed by atoms with E-state index in [1.807, 2.05) is 0 Å². The number of rotatable bonds is 2. The maximum Gasteiger partial charge on any atom is 0.310 e. The molecule has 70 valence electrons. The summed E-state index contributed by atoms with van der Waals surface area (Å²) in [6.45, 7) is 0. The monoisotopic (exact) mass is 244 g/mol. The number of hydrogen-bond donors (Lipinski definition) is 1. The molecule has 0 atom stereocenters. The Morgan fingerprint density at radius 2 is 2.38 bits per heavy atom. The fourth-order valence-corrected chi connectivity index (χ4v) is 1.20. The predicted molar refractivity (Wildman–Crippen MR) is 52.1 cm³/mol. The molecule has 1 heterocycles. The number of nitrogens with two attached hydrogens (primary N) is 1. The summed E-state index contributed by atoms with van der Waals surface area (Å²) in [6.07, 6.45) is 3.28. The van der Waals surface area contributed by atoms with E-state index in [1.54, 1.807) is 6.20 Å². The van der Waals surface area contributed by atoms with Crippen molar-refractivity contribution in [2.24, 2.45) is 0 Å². The highest BCUT2D eigenvalue weighted by Crippen LogP contribution is 2.22. The molecule has 0 aliphatic rings. The van der Waals surface area contributed by atoms with Crippen LogP contribution in [-0.4, -0.2) is 18.1 Å². The van der Waals surface area contributed by atoms with Crippen LogP contribution in [0, 0.1) is 0 Å². The summed E-state index contributed by atoms with van der Waals surface area (Å²) in [6, 6.07) is 0. The van der Waals surface area contributed by atoms with Crippen molar-refractivity contribution in [1.29, 1.82) is 0 Å². The number of methoxy groups -OCH3 is 1. The number of nitrogen functional groups attached to an aromatic ring is 1. The maximum atomic E-state index is 10.9. The first kappa shape index (κ1) is 9.98. The van der Waals surface area contributed by atoms with E-state index in [9.17, 15) is 4.79 Å². The van der Waals surface area contributed by atoms with Gasteiger partial charge in [0.25, 0.3) is 0 Å². The van der Waals surface area contributed by atoms with E-state index in [0.717, 1.165) is 5.56 Å². The van der Waals surface area contributed by atoms with Gasteiger partial charge in [-0.3, -0.25) is 9.78 Å². The molecule has 2 N–H and O–H groups in total. The molecule has 0 spiro atoms. The molecule has 0 aliphatic carbocycles. The van der Waals surface area contributed by atoms with Crippen LogP contribution >= 0.6 is 15.9 Å². The standard InChI is InChI=1S/C8H9BrN2O2/c1-13-7(12)2-5-3-11-4-6(10)8(5)9/h3-4H,2,10H2,1H3. The Labute approximate surface area is 84.2 Å². The molecule has 1 rings (SSSR count). The van der Waals surface area contributed by atoms with Crippen LogP contribution in [-0.2, 0) is 16.0 Å². The van der Waals surface area contributed by atoms with Crippen molar-refractivity contribution < 1.29 is 9.53 Å². The largest absolute Gasteiger partial charge is 0.469 e. The van der Waals surface area contributed by atoms with Gasteiger partial charge in [0, 0.05) is 10.7 Å².